The van der Waals surface area contributed by atoms with Crippen molar-refractivity contribution >= 4 is 14.6 Å². The summed E-state index contributed by atoms with van der Waals surface area (Å²) in [7, 11) is 1.38. The summed E-state index contributed by atoms with van der Waals surface area (Å²) in [6.07, 6.45) is 0. The van der Waals surface area contributed by atoms with Gasteiger partial charge >= 0.3 is 8.80 Å². The van der Waals surface area contributed by atoms with Gasteiger partial charge in [0.2, 0.25) is 0 Å². The Kier molecular flexibility index (Phi) is 5.62. The molecule has 0 heterocycles. The molecule has 4 nitrogen and oxygen atoms in total. The van der Waals surface area contributed by atoms with Gasteiger partial charge in [-0.3, -0.25) is 4.79 Å². The zero-order valence-electron chi connectivity index (χ0n) is 13.0. The van der Waals surface area contributed by atoms with Crippen molar-refractivity contribution in [3.8, 4) is 0 Å². The van der Waals surface area contributed by atoms with Crippen molar-refractivity contribution in [2.45, 2.75) is 5.54 Å². The Morgan fingerprint density at radius 2 is 1.27 bits per heavy atom. The Bertz CT molecular complexity index is 588. The first-order valence-electron chi connectivity index (χ1n) is 6.98. The van der Waals surface area contributed by atoms with Gasteiger partial charge in [-0.1, -0.05) is 60.7 Å². The predicted octanol–water partition coefficient (Wildman–Crippen LogP) is 3.07. The molecule has 5 heteroatoms. The molecule has 2 aromatic carbocycles. The first kappa shape index (κ1) is 16.6. The van der Waals surface area contributed by atoms with E-state index in [-0.39, 0.29) is 5.78 Å². The zero-order chi connectivity index (χ0) is 16.0. The normalized spacial score (nSPS) is 12.9. The molecule has 0 fully saturated rings. The molecule has 0 aliphatic rings. The van der Waals surface area contributed by atoms with Crippen molar-refractivity contribution in [2.24, 2.45) is 0 Å². The number of benzene rings is 2. The molecule has 0 N–H and O–H groups in total. The van der Waals surface area contributed by atoms with Crippen molar-refractivity contribution in [3.05, 3.63) is 71.8 Å². The zero-order valence-corrected chi connectivity index (χ0v) is 14.0. The molecule has 116 valence electrons. The summed E-state index contributed by atoms with van der Waals surface area (Å²) in [5, 5.41) is 0. The molecule has 2 aromatic rings. The maximum absolute atomic E-state index is 13.1. The van der Waals surface area contributed by atoms with E-state index in [1.54, 1.807) is 12.1 Å². The van der Waals surface area contributed by atoms with Gasteiger partial charge in [-0.25, -0.2) is 0 Å². The monoisotopic (exact) mass is 316 g/mol. The minimum Gasteiger partial charge on any atom is -0.376 e. The van der Waals surface area contributed by atoms with Crippen molar-refractivity contribution in [3.63, 3.8) is 0 Å². The first-order chi connectivity index (χ1) is 10.7. The molecular formula is C17H20O4Si. The Morgan fingerprint density at radius 3 is 1.73 bits per heavy atom. The maximum atomic E-state index is 13.1. The van der Waals surface area contributed by atoms with Gasteiger partial charge in [0.15, 0.2) is 5.78 Å². The molecule has 0 radical (unpaired) electrons. The Labute approximate surface area is 132 Å². The molecule has 0 bridgehead atoms. The molecule has 0 aliphatic carbocycles. The number of hydrogen-bond acceptors (Lipinski definition) is 4. The number of Topliss-reactive ketones (excluding diaryl/α,β-unsaturated/α-hetero) is 1. The Hall–Kier alpha value is -1.79. The van der Waals surface area contributed by atoms with Crippen LogP contribution in [0.15, 0.2) is 60.7 Å². The van der Waals surface area contributed by atoms with Crippen molar-refractivity contribution in [1.29, 1.82) is 0 Å². The van der Waals surface area contributed by atoms with Crippen molar-refractivity contribution in [2.75, 3.05) is 21.3 Å². The predicted molar refractivity (Wildman–Crippen MR) is 86.7 cm³/mol. The van der Waals surface area contributed by atoms with E-state index < -0.39 is 14.3 Å². The van der Waals surface area contributed by atoms with Crippen LogP contribution in [-0.2, 0) is 13.3 Å². The standard InChI is InChI=1S/C17H20O4Si/c1-19-22(20-2,21-3)17(15-12-8-5-9-13-15)16(18)14-10-6-4-7-11-14/h4-13,17H,1-3H3. The highest BCUT2D eigenvalue weighted by molar-refractivity contribution is 6.67. The number of carbonyl (C=O) groups excluding carboxylic acids is 1. The number of rotatable bonds is 7. The van der Waals surface area contributed by atoms with Crippen LogP contribution in [0.25, 0.3) is 0 Å². The summed E-state index contributed by atoms with van der Waals surface area (Å²) in [5.74, 6) is -0.0657. The van der Waals surface area contributed by atoms with Crippen molar-refractivity contribution in [1.82, 2.24) is 0 Å². The van der Waals surface area contributed by atoms with E-state index >= 15 is 0 Å². The van der Waals surface area contributed by atoms with Gasteiger partial charge in [-0.05, 0) is 5.56 Å². The third kappa shape index (κ3) is 3.17. The second kappa shape index (κ2) is 7.46. The fourth-order valence-electron chi connectivity index (χ4n) is 2.53. The van der Waals surface area contributed by atoms with Crippen LogP contribution in [0.2, 0.25) is 0 Å². The van der Waals surface area contributed by atoms with Gasteiger partial charge in [0.25, 0.3) is 0 Å². The molecular weight excluding hydrogens is 296 g/mol. The molecule has 22 heavy (non-hydrogen) atoms. The summed E-state index contributed by atoms with van der Waals surface area (Å²) >= 11 is 0. The highest BCUT2D eigenvalue weighted by atomic mass is 28.4. The first-order valence-corrected chi connectivity index (χ1v) is 8.78. The topological polar surface area (TPSA) is 44.8 Å². The second-order valence-corrected chi connectivity index (χ2v) is 7.80. The molecule has 0 saturated carbocycles. The molecule has 2 rings (SSSR count). The summed E-state index contributed by atoms with van der Waals surface area (Å²) in [6.45, 7) is 0. The molecule has 0 saturated heterocycles. The third-order valence-corrected chi connectivity index (χ3v) is 6.67. The van der Waals surface area contributed by atoms with E-state index in [0.29, 0.717) is 5.56 Å². The lowest BCUT2D eigenvalue weighted by Gasteiger charge is -2.31. The van der Waals surface area contributed by atoms with Crippen molar-refractivity contribution < 1.29 is 18.1 Å². The lowest BCUT2D eigenvalue weighted by atomic mass is 10.0. The minimum absolute atomic E-state index is 0.0657. The van der Waals surface area contributed by atoms with Crippen LogP contribution in [0.1, 0.15) is 21.5 Å². The fraction of sp³-hybridized carbons (Fsp3) is 0.235. The van der Waals surface area contributed by atoms with E-state index in [2.05, 4.69) is 0 Å². The highest BCUT2D eigenvalue weighted by Gasteiger charge is 2.52. The maximum Gasteiger partial charge on any atom is 0.516 e. The molecule has 1 atom stereocenters. The quantitative estimate of drug-likeness (QED) is 0.582. The van der Waals surface area contributed by atoms with Gasteiger partial charge in [0.1, 0.15) is 5.54 Å². The fourth-order valence-corrected chi connectivity index (χ4v) is 4.83. The van der Waals surface area contributed by atoms with Gasteiger partial charge in [-0.15, -0.1) is 0 Å². The van der Waals surface area contributed by atoms with Crippen LogP contribution < -0.4 is 0 Å². The van der Waals surface area contributed by atoms with E-state index in [0.717, 1.165) is 5.56 Å². The number of hydrogen-bond donors (Lipinski definition) is 0. The average Bonchev–Trinajstić information content (AvgIpc) is 2.61. The molecule has 0 amide bonds. The van der Waals surface area contributed by atoms with Crippen LogP contribution in [0.4, 0.5) is 0 Å². The Balaban J connectivity index is 2.53. The number of carbonyl (C=O) groups is 1. The van der Waals surface area contributed by atoms with Crippen LogP contribution >= 0.6 is 0 Å². The van der Waals surface area contributed by atoms with Crippen LogP contribution in [0, 0.1) is 0 Å². The average molecular weight is 316 g/mol. The van der Waals surface area contributed by atoms with Gasteiger partial charge in [0.05, 0.1) is 0 Å². The molecule has 1 unspecified atom stereocenters. The van der Waals surface area contributed by atoms with Gasteiger partial charge < -0.3 is 13.3 Å². The summed E-state index contributed by atoms with van der Waals surface area (Å²) in [5.41, 5.74) is 0.837. The highest BCUT2D eigenvalue weighted by Crippen LogP contribution is 2.32. The Morgan fingerprint density at radius 1 is 0.818 bits per heavy atom. The number of ketones is 1. The van der Waals surface area contributed by atoms with Gasteiger partial charge in [-0.2, -0.15) is 0 Å². The summed E-state index contributed by atoms with van der Waals surface area (Å²) < 4.78 is 16.7. The lowest BCUT2D eigenvalue weighted by Crippen LogP contribution is -2.52. The van der Waals surface area contributed by atoms with E-state index in [9.17, 15) is 4.79 Å². The lowest BCUT2D eigenvalue weighted by molar-refractivity contribution is 0.0846. The van der Waals surface area contributed by atoms with Crippen LogP contribution in [0.3, 0.4) is 0 Å². The largest absolute Gasteiger partial charge is 0.516 e. The smallest absolute Gasteiger partial charge is 0.376 e. The van der Waals surface area contributed by atoms with E-state index in [4.69, 9.17) is 13.3 Å². The van der Waals surface area contributed by atoms with Gasteiger partial charge in [0, 0.05) is 26.9 Å². The third-order valence-electron chi connectivity index (χ3n) is 3.66. The minimum atomic E-state index is -3.18. The molecule has 0 spiro atoms. The summed E-state index contributed by atoms with van der Waals surface area (Å²) in [6, 6.07) is 18.6. The van der Waals surface area contributed by atoms with Crippen LogP contribution in [-0.4, -0.2) is 35.9 Å². The SMILES string of the molecule is CO[Si](OC)(OC)C(C(=O)c1ccccc1)c1ccccc1. The summed E-state index contributed by atoms with van der Waals surface area (Å²) in [4.78, 5) is 13.1. The second-order valence-electron chi connectivity index (χ2n) is 4.79. The van der Waals surface area contributed by atoms with E-state index in [1.807, 2.05) is 48.5 Å². The molecule has 0 aliphatic heterocycles. The van der Waals surface area contributed by atoms with E-state index in [1.165, 1.54) is 21.3 Å². The van der Waals surface area contributed by atoms with Crippen LogP contribution in [0.5, 0.6) is 0 Å². The molecule has 0 aromatic heterocycles.